The monoisotopic (exact) mass is 247 g/mol. The molecule has 0 saturated heterocycles. The largest absolute Gasteiger partial charge is 0.490 e. The Bertz CT molecular complexity index is 407. The smallest absolute Gasteiger partial charge is 0.251 e. The number of ether oxygens (including phenoxy) is 1. The summed E-state index contributed by atoms with van der Waals surface area (Å²) in [5.41, 5.74) is 0.456. The van der Waals surface area contributed by atoms with Crippen molar-refractivity contribution in [1.82, 2.24) is 5.32 Å². The molecule has 0 aliphatic rings. The van der Waals surface area contributed by atoms with Crippen LogP contribution in [0.4, 0.5) is 0 Å². The van der Waals surface area contributed by atoms with Crippen LogP contribution in [0.1, 0.15) is 37.6 Å². The molecule has 0 bridgehead atoms. The average molecular weight is 247 g/mol. The van der Waals surface area contributed by atoms with E-state index in [-0.39, 0.29) is 11.4 Å². The first-order valence-electron chi connectivity index (χ1n) is 6.15. The van der Waals surface area contributed by atoms with E-state index in [0.29, 0.717) is 12.2 Å². The predicted octanol–water partition coefficient (Wildman–Crippen LogP) is 3.17. The highest BCUT2D eigenvalue weighted by Crippen LogP contribution is 2.14. The second-order valence-electron chi connectivity index (χ2n) is 4.82. The second-order valence-corrected chi connectivity index (χ2v) is 4.82. The molecule has 1 aromatic carbocycles. The Morgan fingerprint density at radius 1 is 1.39 bits per heavy atom. The molecule has 1 rings (SSSR count). The minimum absolute atomic E-state index is 0.0582. The van der Waals surface area contributed by atoms with Crippen molar-refractivity contribution in [3.8, 4) is 5.75 Å². The van der Waals surface area contributed by atoms with Crippen LogP contribution in [-0.2, 0) is 0 Å². The van der Waals surface area contributed by atoms with E-state index < -0.39 is 0 Å². The molecule has 98 valence electrons. The lowest BCUT2D eigenvalue weighted by atomic mass is 10.0. The fourth-order valence-corrected chi connectivity index (χ4v) is 1.33. The fraction of sp³-hybridized carbons (Fsp3) is 0.400. The molecule has 0 fully saturated rings. The lowest BCUT2D eigenvalue weighted by Gasteiger charge is -2.24. The molecule has 0 saturated carbocycles. The average Bonchev–Trinajstić information content (AvgIpc) is 2.36. The van der Waals surface area contributed by atoms with Gasteiger partial charge in [0, 0.05) is 11.1 Å². The Labute approximate surface area is 109 Å². The second kappa shape index (κ2) is 6.24. The maximum absolute atomic E-state index is 12.0. The lowest BCUT2D eigenvalue weighted by Crippen LogP contribution is -2.42. The Morgan fingerprint density at radius 3 is 2.50 bits per heavy atom. The lowest BCUT2D eigenvalue weighted by molar-refractivity contribution is 0.0911. The third-order valence-corrected chi connectivity index (χ3v) is 2.82. The third kappa shape index (κ3) is 4.24. The molecule has 0 spiro atoms. The van der Waals surface area contributed by atoms with Gasteiger partial charge in [0.1, 0.15) is 12.4 Å². The number of carbonyl (C=O) groups is 1. The van der Waals surface area contributed by atoms with Crippen molar-refractivity contribution in [2.45, 2.75) is 32.7 Å². The van der Waals surface area contributed by atoms with Crippen LogP contribution >= 0.6 is 0 Å². The van der Waals surface area contributed by atoms with Crippen LogP contribution in [0.25, 0.3) is 0 Å². The summed E-state index contributed by atoms with van der Waals surface area (Å²) < 4.78 is 5.36. The number of hydrogen-bond donors (Lipinski definition) is 1. The molecule has 0 atom stereocenters. The van der Waals surface area contributed by atoms with Crippen LogP contribution in [-0.4, -0.2) is 18.1 Å². The number of hydrogen-bond acceptors (Lipinski definition) is 2. The van der Waals surface area contributed by atoms with Gasteiger partial charge in [-0.2, -0.15) is 0 Å². The van der Waals surface area contributed by atoms with Crippen molar-refractivity contribution in [3.05, 3.63) is 42.5 Å². The maximum Gasteiger partial charge on any atom is 0.251 e. The molecule has 3 nitrogen and oxygen atoms in total. The number of rotatable bonds is 6. The van der Waals surface area contributed by atoms with Crippen LogP contribution in [0.2, 0.25) is 0 Å². The first-order valence-corrected chi connectivity index (χ1v) is 6.15. The Hall–Kier alpha value is -1.77. The Morgan fingerprint density at radius 2 is 2.00 bits per heavy atom. The van der Waals surface area contributed by atoms with Crippen LogP contribution in [0.3, 0.4) is 0 Å². The quantitative estimate of drug-likeness (QED) is 0.784. The SMILES string of the molecule is C=CCOc1ccc(C(=O)NC(C)(C)CC)cc1. The summed E-state index contributed by atoms with van der Waals surface area (Å²) in [6, 6.07) is 7.10. The van der Waals surface area contributed by atoms with Gasteiger partial charge in [0.25, 0.3) is 5.91 Å². The van der Waals surface area contributed by atoms with Gasteiger partial charge >= 0.3 is 0 Å². The van der Waals surface area contributed by atoms with Gasteiger partial charge in [-0.05, 0) is 44.5 Å². The summed E-state index contributed by atoms with van der Waals surface area (Å²) in [7, 11) is 0. The van der Waals surface area contributed by atoms with Gasteiger partial charge in [-0.15, -0.1) is 0 Å². The van der Waals surface area contributed by atoms with Crippen molar-refractivity contribution < 1.29 is 9.53 Å². The van der Waals surface area contributed by atoms with E-state index in [1.165, 1.54) is 0 Å². The number of nitrogens with one attached hydrogen (secondary N) is 1. The summed E-state index contributed by atoms with van der Waals surface area (Å²) in [6.07, 6.45) is 2.57. The summed E-state index contributed by atoms with van der Waals surface area (Å²) in [4.78, 5) is 12.0. The highest BCUT2D eigenvalue weighted by molar-refractivity contribution is 5.94. The summed E-state index contributed by atoms with van der Waals surface area (Å²) in [5, 5.41) is 2.99. The highest BCUT2D eigenvalue weighted by atomic mass is 16.5. The maximum atomic E-state index is 12.0. The van der Waals surface area contributed by atoms with E-state index >= 15 is 0 Å². The molecular weight excluding hydrogens is 226 g/mol. The standard InChI is InChI=1S/C15H21NO2/c1-5-11-18-13-9-7-12(8-10-13)14(17)16-15(3,4)6-2/h5,7-10H,1,6,11H2,2-4H3,(H,16,17). The molecule has 1 N–H and O–H groups in total. The van der Waals surface area contributed by atoms with Gasteiger partial charge in [0.2, 0.25) is 0 Å². The molecule has 1 aromatic rings. The summed E-state index contributed by atoms with van der Waals surface area (Å²) in [5.74, 6) is 0.679. The van der Waals surface area contributed by atoms with Crippen molar-refractivity contribution in [2.24, 2.45) is 0 Å². The van der Waals surface area contributed by atoms with Crippen LogP contribution < -0.4 is 10.1 Å². The molecule has 3 heteroatoms. The van der Waals surface area contributed by atoms with Crippen molar-refractivity contribution >= 4 is 5.91 Å². The van der Waals surface area contributed by atoms with Crippen LogP contribution in [0.5, 0.6) is 5.75 Å². The molecule has 18 heavy (non-hydrogen) atoms. The third-order valence-electron chi connectivity index (χ3n) is 2.82. The Kier molecular flexibility index (Phi) is 4.95. The van der Waals surface area contributed by atoms with Crippen molar-refractivity contribution in [3.63, 3.8) is 0 Å². The normalized spacial score (nSPS) is 10.8. The van der Waals surface area contributed by atoms with Crippen molar-refractivity contribution in [2.75, 3.05) is 6.61 Å². The molecule has 0 aliphatic heterocycles. The highest BCUT2D eigenvalue weighted by Gasteiger charge is 2.18. The van der Waals surface area contributed by atoms with E-state index in [1.807, 2.05) is 20.8 Å². The summed E-state index contributed by atoms with van der Waals surface area (Å²) in [6.45, 7) is 10.1. The molecule has 0 unspecified atom stereocenters. The zero-order valence-electron chi connectivity index (χ0n) is 11.3. The summed E-state index contributed by atoms with van der Waals surface area (Å²) >= 11 is 0. The first-order chi connectivity index (χ1) is 8.48. The zero-order chi connectivity index (χ0) is 13.6. The van der Waals surface area contributed by atoms with Gasteiger partial charge < -0.3 is 10.1 Å². The van der Waals surface area contributed by atoms with E-state index in [0.717, 1.165) is 12.2 Å². The molecule has 0 heterocycles. The topological polar surface area (TPSA) is 38.3 Å². The van der Waals surface area contributed by atoms with E-state index in [4.69, 9.17) is 4.74 Å². The van der Waals surface area contributed by atoms with E-state index in [1.54, 1.807) is 30.3 Å². The molecular formula is C15H21NO2. The van der Waals surface area contributed by atoms with Crippen LogP contribution in [0.15, 0.2) is 36.9 Å². The minimum Gasteiger partial charge on any atom is -0.490 e. The zero-order valence-corrected chi connectivity index (χ0v) is 11.3. The van der Waals surface area contributed by atoms with Gasteiger partial charge in [-0.3, -0.25) is 4.79 Å². The fourth-order valence-electron chi connectivity index (χ4n) is 1.33. The molecule has 0 radical (unpaired) electrons. The van der Waals surface area contributed by atoms with E-state index in [9.17, 15) is 4.79 Å². The van der Waals surface area contributed by atoms with Gasteiger partial charge in [-0.1, -0.05) is 19.6 Å². The van der Waals surface area contributed by atoms with Gasteiger partial charge in [0.05, 0.1) is 0 Å². The van der Waals surface area contributed by atoms with Crippen molar-refractivity contribution in [1.29, 1.82) is 0 Å². The molecule has 0 aliphatic carbocycles. The van der Waals surface area contributed by atoms with Crippen LogP contribution in [0, 0.1) is 0 Å². The number of amides is 1. The minimum atomic E-state index is -0.185. The molecule has 1 amide bonds. The predicted molar refractivity (Wildman–Crippen MR) is 74.0 cm³/mol. The first kappa shape index (κ1) is 14.3. The molecule has 0 aromatic heterocycles. The van der Waals surface area contributed by atoms with E-state index in [2.05, 4.69) is 11.9 Å². The Balaban J connectivity index is 2.67. The number of benzene rings is 1. The number of carbonyl (C=O) groups excluding carboxylic acids is 1. The van der Waals surface area contributed by atoms with Gasteiger partial charge in [-0.25, -0.2) is 0 Å². The van der Waals surface area contributed by atoms with Gasteiger partial charge in [0.15, 0.2) is 0 Å².